The van der Waals surface area contributed by atoms with E-state index in [4.69, 9.17) is 4.74 Å². The Hall–Kier alpha value is -2.60. The monoisotopic (exact) mass is 322 g/mol. The number of fused-ring (bicyclic) bond motifs is 3. The van der Waals surface area contributed by atoms with Crippen LogP contribution in [0.1, 0.15) is 5.56 Å². The van der Waals surface area contributed by atoms with Crippen molar-refractivity contribution in [2.24, 2.45) is 0 Å². The van der Waals surface area contributed by atoms with E-state index in [1.165, 1.54) is 0 Å². The first-order chi connectivity index (χ1) is 11.3. The van der Waals surface area contributed by atoms with E-state index >= 15 is 0 Å². The van der Waals surface area contributed by atoms with Crippen LogP contribution in [0.3, 0.4) is 0 Å². The third-order valence-electron chi connectivity index (χ3n) is 3.65. The fraction of sp³-hybridized carbons (Fsp3) is 0.118. The molecule has 0 amide bonds. The van der Waals surface area contributed by atoms with Crippen LogP contribution < -0.4 is 4.74 Å². The predicted octanol–water partition coefficient (Wildman–Crippen LogP) is 3.81. The minimum Gasteiger partial charge on any atom is -0.496 e. The molecule has 0 spiro atoms. The number of hydrogen-bond donors (Lipinski definition) is 1. The Labute approximate surface area is 137 Å². The van der Waals surface area contributed by atoms with E-state index in [0.717, 1.165) is 39.1 Å². The Balaban J connectivity index is 1.63. The summed E-state index contributed by atoms with van der Waals surface area (Å²) >= 11 is 1.54. The molecule has 0 aliphatic heterocycles. The van der Waals surface area contributed by atoms with Gasteiger partial charge in [-0.2, -0.15) is 0 Å². The van der Waals surface area contributed by atoms with E-state index in [2.05, 4.69) is 20.2 Å². The van der Waals surface area contributed by atoms with Gasteiger partial charge in [0.05, 0.1) is 7.11 Å². The minimum atomic E-state index is 0.648. The number of benzene rings is 2. The maximum absolute atomic E-state index is 5.37. The van der Waals surface area contributed by atoms with E-state index in [9.17, 15) is 0 Å². The summed E-state index contributed by atoms with van der Waals surface area (Å²) in [7, 11) is 1.68. The second-order valence-electron chi connectivity index (χ2n) is 5.06. The molecule has 1 N–H and O–H groups in total. The molecule has 0 radical (unpaired) electrons. The second kappa shape index (κ2) is 5.89. The fourth-order valence-electron chi connectivity index (χ4n) is 2.53. The molecule has 114 valence electrons. The Morgan fingerprint density at radius 1 is 1.04 bits per heavy atom. The third-order valence-corrected chi connectivity index (χ3v) is 4.54. The molecule has 0 aliphatic carbocycles. The van der Waals surface area contributed by atoms with Gasteiger partial charge in [-0.25, -0.2) is 4.98 Å². The maximum atomic E-state index is 5.37. The molecule has 0 unspecified atom stereocenters. The molecule has 4 aromatic rings. The van der Waals surface area contributed by atoms with Gasteiger partial charge in [0.2, 0.25) is 5.16 Å². The zero-order valence-corrected chi connectivity index (χ0v) is 13.3. The SMILES string of the molecule is COc1ccccc1CSc1nnc2c(n1)[nH]c1ccccc12. The highest BCUT2D eigenvalue weighted by molar-refractivity contribution is 7.98. The zero-order chi connectivity index (χ0) is 15.6. The standard InChI is InChI=1S/C17H14N4OS/c1-22-14-9-5-2-6-11(14)10-23-17-19-16-15(20-21-17)12-7-3-4-8-13(12)18-16/h2-9H,10H2,1H3,(H,18,19,21). The molecule has 0 saturated heterocycles. The molecule has 5 nitrogen and oxygen atoms in total. The van der Waals surface area contributed by atoms with Crippen molar-refractivity contribution < 1.29 is 4.74 Å². The van der Waals surface area contributed by atoms with Crippen molar-refractivity contribution >= 4 is 33.8 Å². The number of methoxy groups -OCH3 is 1. The van der Waals surface area contributed by atoms with Gasteiger partial charge in [-0.1, -0.05) is 48.2 Å². The van der Waals surface area contributed by atoms with Crippen molar-refractivity contribution in [2.45, 2.75) is 10.9 Å². The lowest BCUT2D eigenvalue weighted by Crippen LogP contribution is -1.93. The Morgan fingerprint density at radius 3 is 2.78 bits per heavy atom. The number of thioether (sulfide) groups is 1. The number of aromatic nitrogens is 4. The van der Waals surface area contributed by atoms with Gasteiger partial charge in [-0.3, -0.25) is 0 Å². The summed E-state index contributed by atoms with van der Waals surface area (Å²) in [5.41, 5.74) is 3.71. The van der Waals surface area contributed by atoms with Crippen molar-refractivity contribution in [1.29, 1.82) is 0 Å². The van der Waals surface area contributed by atoms with Gasteiger partial charge >= 0.3 is 0 Å². The number of nitrogens with zero attached hydrogens (tertiary/aromatic N) is 3. The molecule has 4 rings (SSSR count). The smallest absolute Gasteiger partial charge is 0.211 e. The van der Waals surface area contributed by atoms with Crippen molar-refractivity contribution in [1.82, 2.24) is 20.2 Å². The fourth-order valence-corrected chi connectivity index (χ4v) is 3.31. The number of hydrogen-bond acceptors (Lipinski definition) is 5. The Bertz CT molecular complexity index is 983. The molecule has 2 aromatic heterocycles. The number of H-pyrrole nitrogens is 1. The maximum Gasteiger partial charge on any atom is 0.211 e. The predicted molar refractivity (Wildman–Crippen MR) is 91.7 cm³/mol. The number of para-hydroxylation sites is 2. The molecule has 23 heavy (non-hydrogen) atoms. The van der Waals surface area contributed by atoms with Crippen LogP contribution in [-0.4, -0.2) is 27.3 Å². The van der Waals surface area contributed by atoms with Gasteiger partial charge in [-0.15, -0.1) is 10.2 Å². The quantitative estimate of drug-likeness (QED) is 0.579. The van der Waals surface area contributed by atoms with Gasteiger partial charge in [0, 0.05) is 22.2 Å². The van der Waals surface area contributed by atoms with Crippen LogP contribution in [0.15, 0.2) is 53.7 Å². The highest BCUT2D eigenvalue weighted by atomic mass is 32.2. The summed E-state index contributed by atoms with van der Waals surface area (Å²) in [6, 6.07) is 16.0. The normalized spacial score (nSPS) is 11.2. The van der Waals surface area contributed by atoms with Gasteiger partial charge in [0.1, 0.15) is 11.3 Å². The lowest BCUT2D eigenvalue weighted by Gasteiger charge is -2.06. The van der Waals surface area contributed by atoms with Crippen LogP contribution in [0.25, 0.3) is 22.1 Å². The second-order valence-corrected chi connectivity index (χ2v) is 6.01. The molecule has 0 saturated carbocycles. The summed E-state index contributed by atoms with van der Waals surface area (Å²) in [6.07, 6.45) is 0. The molecule has 0 fully saturated rings. The molecule has 2 aromatic carbocycles. The average Bonchev–Trinajstić information content (AvgIpc) is 2.98. The zero-order valence-electron chi connectivity index (χ0n) is 12.5. The number of ether oxygens (including phenoxy) is 1. The van der Waals surface area contributed by atoms with Crippen molar-refractivity contribution in [3.8, 4) is 5.75 Å². The van der Waals surface area contributed by atoms with Gasteiger partial charge in [0.15, 0.2) is 5.65 Å². The van der Waals surface area contributed by atoms with Gasteiger partial charge < -0.3 is 9.72 Å². The number of nitrogens with one attached hydrogen (secondary N) is 1. The molecule has 0 atom stereocenters. The summed E-state index contributed by atoms with van der Waals surface area (Å²) in [5.74, 6) is 1.61. The molecule has 2 heterocycles. The largest absolute Gasteiger partial charge is 0.496 e. The summed E-state index contributed by atoms with van der Waals surface area (Å²) in [5, 5.41) is 10.3. The van der Waals surface area contributed by atoms with Gasteiger partial charge in [0.25, 0.3) is 0 Å². The molecular weight excluding hydrogens is 308 g/mol. The van der Waals surface area contributed by atoms with E-state index in [1.54, 1.807) is 18.9 Å². The summed E-state index contributed by atoms with van der Waals surface area (Å²) in [6.45, 7) is 0. The highest BCUT2D eigenvalue weighted by Crippen LogP contribution is 2.27. The van der Waals surface area contributed by atoms with Crippen LogP contribution in [0.5, 0.6) is 5.75 Å². The highest BCUT2D eigenvalue weighted by Gasteiger charge is 2.10. The van der Waals surface area contributed by atoms with Crippen LogP contribution in [0, 0.1) is 0 Å². The van der Waals surface area contributed by atoms with Gasteiger partial charge in [-0.05, 0) is 12.1 Å². The van der Waals surface area contributed by atoms with E-state index in [0.29, 0.717) is 5.16 Å². The van der Waals surface area contributed by atoms with Crippen molar-refractivity contribution in [2.75, 3.05) is 7.11 Å². The Morgan fingerprint density at radius 2 is 1.87 bits per heavy atom. The first-order valence-electron chi connectivity index (χ1n) is 7.21. The first kappa shape index (κ1) is 14.0. The lowest BCUT2D eigenvalue weighted by atomic mass is 10.2. The number of rotatable bonds is 4. The first-order valence-corrected chi connectivity index (χ1v) is 8.19. The topological polar surface area (TPSA) is 63.7 Å². The van der Waals surface area contributed by atoms with E-state index in [-0.39, 0.29) is 0 Å². The van der Waals surface area contributed by atoms with Crippen molar-refractivity contribution in [3.05, 3.63) is 54.1 Å². The molecular formula is C17H14N4OS. The van der Waals surface area contributed by atoms with Crippen LogP contribution in [0.4, 0.5) is 0 Å². The average molecular weight is 322 g/mol. The van der Waals surface area contributed by atoms with E-state index in [1.807, 2.05) is 48.5 Å². The summed E-state index contributed by atoms with van der Waals surface area (Å²) < 4.78 is 5.37. The van der Waals surface area contributed by atoms with Crippen LogP contribution in [0.2, 0.25) is 0 Å². The van der Waals surface area contributed by atoms with E-state index < -0.39 is 0 Å². The summed E-state index contributed by atoms with van der Waals surface area (Å²) in [4.78, 5) is 7.86. The van der Waals surface area contributed by atoms with Crippen LogP contribution in [-0.2, 0) is 5.75 Å². The lowest BCUT2D eigenvalue weighted by molar-refractivity contribution is 0.411. The minimum absolute atomic E-state index is 0.648. The Kier molecular flexibility index (Phi) is 3.59. The number of aromatic amines is 1. The molecule has 0 bridgehead atoms. The van der Waals surface area contributed by atoms with Crippen LogP contribution >= 0.6 is 11.8 Å². The molecule has 6 heteroatoms. The molecule has 0 aliphatic rings. The third kappa shape index (κ3) is 2.61. The van der Waals surface area contributed by atoms with Crippen molar-refractivity contribution in [3.63, 3.8) is 0 Å².